The van der Waals surface area contributed by atoms with Crippen LogP contribution in [-0.2, 0) is 9.53 Å². The van der Waals surface area contributed by atoms with Gasteiger partial charge in [-0.1, -0.05) is 11.6 Å². The summed E-state index contributed by atoms with van der Waals surface area (Å²) in [5.74, 6) is 0.200. The largest absolute Gasteiger partial charge is 0.495 e. The van der Waals surface area contributed by atoms with Crippen molar-refractivity contribution in [3.8, 4) is 5.75 Å². The van der Waals surface area contributed by atoms with Crippen LogP contribution < -0.4 is 20.7 Å². The van der Waals surface area contributed by atoms with E-state index < -0.39 is 0 Å². The van der Waals surface area contributed by atoms with Gasteiger partial charge >= 0.3 is 6.03 Å². The van der Waals surface area contributed by atoms with Crippen molar-refractivity contribution in [2.24, 2.45) is 0 Å². The Bertz CT molecular complexity index is 673. The first-order valence-corrected chi connectivity index (χ1v) is 8.76. The fourth-order valence-corrected chi connectivity index (χ4v) is 2.91. The lowest BCUT2D eigenvalue weighted by atomic mass is 9.95. The van der Waals surface area contributed by atoms with Crippen molar-refractivity contribution in [3.05, 3.63) is 29.8 Å². The van der Waals surface area contributed by atoms with Crippen LogP contribution in [0.1, 0.15) is 32.6 Å². The third-order valence-corrected chi connectivity index (χ3v) is 4.24. The molecule has 142 valence electrons. The highest BCUT2D eigenvalue weighted by atomic mass is 16.5. The summed E-state index contributed by atoms with van der Waals surface area (Å²) in [6.45, 7) is 1.93. The number of hydrogen-bond acceptors (Lipinski definition) is 4. The smallest absolute Gasteiger partial charge is 0.319 e. The van der Waals surface area contributed by atoms with Crippen LogP contribution in [0, 0.1) is 0 Å². The van der Waals surface area contributed by atoms with E-state index in [2.05, 4.69) is 22.0 Å². The second kappa shape index (κ2) is 9.82. The first-order chi connectivity index (χ1) is 12.5. The number of amides is 3. The minimum atomic E-state index is -0.301. The number of hydrogen-bond donors (Lipinski definition) is 3. The first-order valence-electron chi connectivity index (χ1n) is 8.76. The highest BCUT2D eigenvalue weighted by molar-refractivity contribution is 5.95. The highest BCUT2D eigenvalue weighted by Gasteiger charge is 2.15. The maximum absolute atomic E-state index is 12.3. The van der Waals surface area contributed by atoms with Crippen molar-refractivity contribution < 1.29 is 19.1 Å². The molecule has 0 saturated heterocycles. The Morgan fingerprint density at radius 1 is 1.19 bits per heavy atom. The van der Waals surface area contributed by atoms with Crippen LogP contribution in [0.15, 0.2) is 29.8 Å². The fraction of sp³-hybridized carbons (Fsp3) is 0.474. The molecule has 1 atom stereocenters. The average molecular weight is 361 g/mol. The molecule has 3 amide bonds. The molecule has 1 aliphatic carbocycles. The lowest BCUT2D eigenvalue weighted by Gasteiger charge is -2.21. The van der Waals surface area contributed by atoms with Gasteiger partial charge in [-0.2, -0.15) is 0 Å². The van der Waals surface area contributed by atoms with Crippen molar-refractivity contribution in [3.63, 3.8) is 0 Å². The number of carbonyl (C=O) groups is 2. The molecule has 0 unspecified atom stereocenters. The first kappa shape index (κ1) is 19.8. The molecule has 0 bridgehead atoms. The van der Waals surface area contributed by atoms with E-state index in [0.717, 1.165) is 12.8 Å². The zero-order valence-electron chi connectivity index (χ0n) is 15.6. The summed E-state index contributed by atoms with van der Waals surface area (Å²) < 4.78 is 10.0. The summed E-state index contributed by atoms with van der Waals surface area (Å²) in [6, 6.07) is 4.76. The highest BCUT2D eigenvalue weighted by Crippen LogP contribution is 2.28. The molecule has 1 aromatic rings. The molecule has 0 saturated carbocycles. The SMILES string of the molecule is COCC(=O)Nc1cc(NC(=O)N[C@@H](C)C2=CCCCC2)ccc1OC. The second-order valence-electron chi connectivity index (χ2n) is 6.24. The number of methoxy groups -OCH3 is 2. The van der Waals surface area contributed by atoms with Crippen LogP contribution in [0.4, 0.5) is 16.2 Å². The van der Waals surface area contributed by atoms with E-state index in [4.69, 9.17) is 9.47 Å². The molecule has 0 radical (unpaired) electrons. The van der Waals surface area contributed by atoms with Gasteiger partial charge in [0.05, 0.1) is 12.8 Å². The van der Waals surface area contributed by atoms with Gasteiger partial charge in [-0.05, 0) is 50.8 Å². The van der Waals surface area contributed by atoms with Crippen LogP contribution in [-0.4, -0.2) is 38.8 Å². The van der Waals surface area contributed by atoms with Gasteiger partial charge in [0, 0.05) is 18.8 Å². The summed E-state index contributed by atoms with van der Waals surface area (Å²) in [4.78, 5) is 24.0. The lowest BCUT2D eigenvalue weighted by Crippen LogP contribution is -2.37. The number of carbonyl (C=O) groups excluding carboxylic acids is 2. The molecule has 3 N–H and O–H groups in total. The van der Waals surface area contributed by atoms with Gasteiger partial charge in [0.15, 0.2) is 0 Å². The standard InChI is InChI=1S/C19H27N3O4/c1-13(14-7-5-4-6-8-14)20-19(24)21-15-9-10-17(26-3)16(11-15)22-18(23)12-25-2/h7,9-11,13H,4-6,8,12H2,1-3H3,(H,22,23)(H2,20,21,24)/t13-/m0/s1. The molecular formula is C19H27N3O4. The summed E-state index contributed by atoms with van der Waals surface area (Å²) >= 11 is 0. The van der Waals surface area contributed by atoms with Gasteiger partial charge in [-0.15, -0.1) is 0 Å². The van der Waals surface area contributed by atoms with Gasteiger partial charge in [0.1, 0.15) is 12.4 Å². The quantitative estimate of drug-likeness (QED) is 0.650. The monoisotopic (exact) mass is 361 g/mol. The molecular weight excluding hydrogens is 334 g/mol. The molecule has 0 fully saturated rings. The maximum atomic E-state index is 12.3. The Hall–Kier alpha value is -2.54. The topological polar surface area (TPSA) is 88.7 Å². The average Bonchev–Trinajstić information content (AvgIpc) is 2.62. The minimum Gasteiger partial charge on any atom is -0.495 e. The van der Waals surface area contributed by atoms with Gasteiger partial charge in [0.2, 0.25) is 5.91 Å². The molecule has 1 aromatic carbocycles. The second-order valence-corrected chi connectivity index (χ2v) is 6.24. The van der Waals surface area contributed by atoms with E-state index in [-0.39, 0.29) is 24.6 Å². The third-order valence-electron chi connectivity index (χ3n) is 4.24. The zero-order valence-corrected chi connectivity index (χ0v) is 15.6. The van der Waals surface area contributed by atoms with E-state index >= 15 is 0 Å². The Morgan fingerprint density at radius 2 is 2.00 bits per heavy atom. The van der Waals surface area contributed by atoms with Gasteiger partial charge < -0.3 is 25.4 Å². The van der Waals surface area contributed by atoms with Crippen LogP contribution in [0.2, 0.25) is 0 Å². The molecule has 2 rings (SSSR count). The van der Waals surface area contributed by atoms with E-state index in [9.17, 15) is 9.59 Å². The molecule has 7 heteroatoms. The van der Waals surface area contributed by atoms with E-state index in [0.29, 0.717) is 17.1 Å². The number of nitrogens with one attached hydrogen (secondary N) is 3. The fourth-order valence-electron chi connectivity index (χ4n) is 2.91. The Morgan fingerprint density at radius 3 is 2.65 bits per heavy atom. The number of ether oxygens (including phenoxy) is 2. The number of urea groups is 1. The zero-order chi connectivity index (χ0) is 18.9. The molecule has 0 heterocycles. The number of allylic oxidation sites excluding steroid dienone is 1. The van der Waals surface area contributed by atoms with Crippen LogP contribution in [0.25, 0.3) is 0 Å². The van der Waals surface area contributed by atoms with Crippen molar-refractivity contribution >= 4 is 23.3 Å². The van der Waals surface area contributed by atoms with Crippen molar-refractivity contribution in [1.29, 1.82) is 0 Å². The predicted molar refractivity (Wildman–Crippen MR) is 102 cm³/mol. The number of rotatable bonds is 7. The molecule has 0 aromatic heterocycles. The van der Waals surface area contributed by atoms with Gasteiger partial charge in [0.25, 0.3) is 0 Å². The van der Waals surface area contributed by atoms with Gasteiger partial charge in [-0.3, -0.25) is 4.79 Å². The molecule has 1 aliphatic rings. The Labute approximate surface area is 154 Å². The van der Waals surface area contributed by atoms with E-state index in [1.54, 1.807) is 18.2 Å². The van der Waals surface area contributed by atoms with Crippen LogP contribution in [0.5, 0.6) is 5.75 Å². The Kier molecular flexibility index (Phi) is 7.47. The van der Waals surface area contributed by atoms with Crippen molar-refractivity contribution in [2.75, 3.05) is 31.5 Å². The van der Waals surface area contributed by atoms with E-state index in [1.165, 1.54) is 32.6 Å². The summed E-state index contributed by atoms with van der Waals surface area (Å²) in [5.41, 5.74) is 2.30. The molecule has 26 heavy (non-hydrogen) atoms. The number of benzene rings is 1. The maximum Gasteiger partial charge on any atom is 0.319 e. The summed E-state index contributed by atoms with van der Waals surface area (Å²) in [7, 11) is 2.96. The van der Waals surface area contributed by atoms with E-state index in [1.807, 2.05) is 6.92 Å². The normalized spacial score (nSPS) is 14.8. The molecule has 0 aliphatic heterocycles. The van der Waals surface area contributed by atoms with Crippen LogP contribution >= 0.6 is 0 Å². The van der Waals surface area contributed by atoms with Gasteiger partial charge in [-0.25, -0.2) is 4.79 Å². The predicted octanol–water partition coefficient (Wildman–Crippen LogP) is 3.29. The van der Waals surface area contributed by atoms with Crippen molar-refractivity contribution in [2.45, 2.75) is 38.6 Å². The van der Waals surface area contributed by atoms with Crippen LogP contribution in [0.3, 0.4) is 0 Å². The number of anilines is 2. The minimum absolute atomic E-state index is 0.00516. The molecule has 7 nitrogen and oxygen atoms in total. The van der Waals surface area contributed by atoms with Crippen molar-refractivity contribution in [1.82, 2.24) is 5.32 Å². The summed E-state index contributed by atoms with van der Waals surface area (Å²) in [6.07, 6.45) is 6.70. The third kappa shape index (κ3) is 5.77. The molecule has 0 spiro atoms. The Balaban J connectivity index is 2.00. The summed E-state index contributed by atoms with van der Waals surface area (Å²) in [5, 5.41) is 8.44. The lowest BCUT2D eigenvalue weighted by molar-refractivity contribution is -0.119.